The zero-order chi connectivity index (χ0) is 12.3. The average molecular weight is 235 g/mol. The number of carbonyl (C=O) groups is 1. The van der Waals surface area contributed by atoms with Crippen LogP contribution in [0.25, 0.3) is 0 Å². The third kappa shape index (κ3) is 1.62. The highest BCUT2D eigenvalue weighted by Gasteiger charge is 2.57. The average Bonchev–Trinajstić information content (AvgIpc) is 2.98. The second-order valence-corrected chi connectivity index (χ2v) is 6.85. The summed E-state index contributed by atoms with van der Waals surface area (Å²) in [6, 6.07) is 0. The molecule has 0 aromatic carbocycles. The van der Waals surface area contributed by atoms with Gasteiger partial charge in [0, 0.05) is 10.8 Å². The van der Waals surface area contributed by atoms with Crippen LogP contribution in [0.5, 0.6) is 0 Å². The second-order valence-electron chi connectivity index (χ2n) is 6.85. The maximum absolute atomic E-state index is 11.6. The van der Waals surface area contributed by atoms with Crippen molar-refractivity contribution in [2.75, 3.05) is 0 Å². The lowest BCUT2D eigenvalue weighted by Gasteiger charge is -2.34. The van der Waals surface area contributed by atoms with Gasteiger partial charge in [-0.3, -0.25) is 0 Å². The Bertz CT molecular complexity index is 388. The van der Waals surface area contributed by atoms with E-state index in [2.05, 4.69) is 25.9 Å². The first-order chi connectivity index (χ1) is 7.93. The molecule has 0 saturated heterocycles. The van der Waals surface area contributed by atoms with Crippen LogP contribution in [-0.2, 0) is 9.63 Å². The normalized spacial score (nSPS) is 40.9. The molecule has 0 aromatic rings. The van der Waals surface area contributed by atoms with E-state index >= 15 is 0 Å². The molecule has 0 aromatic heterocycles. The minimum absolute atomic E-state index is 0.108. The van der Waals surface area contributed by atoms with E-state index in [-0.39, 0.29) is 22.7 Å². The summed E-state index contributed by atoms with van der Waals surface area (Å²) in [6.07, 6.45) is 5.65. The van der Waals surface area contributed by atoms with Gasteiger partial charge in [-0.15, -0.1) is 0 Å². The van der Waals surface area contributed by atoms with Gasteiger partial charge in [0.05, 0.1) is 11.6 Å². The molecule has 0 amide bonds. The Morgan fingerprint density at radius 2 is 2.00 bits per heavy atom. The highest BCUT2D eigenvalue weighted by Crippen LogP contribution is 2.60. The predicted molar refractivity (Wildman–Crippen MR) is 65.5 cm³/mol. The van der Waals surface area contributed by atoms with Gasteiger partial charge in [-0.2, -0.15) is 0 Å². The molecule has 3 rings (SSSR count). The Labute approximate surface area is 103 Å². The Balaban J connectivity index is 1.80. The van der Waals surface area contributed by atoms with Gasteiger partial charge in [0.25, 0.3) is 0 Å². The maximum atomic E-state index is 11.6. The van der Waals surface area contributed by atoms with Crippen LogP contribution in [0.15, 0.2) is 5.16 Å². The van der Waals surface area contributed by atoms with Gasteiger partial charge in [0.15, 0.2) is 0 Å². The van der Waals surface area contributed by atoms with Crippen LogP contribution in [0.4, 0.5) is 0 Å². The molecule has 3 aliphatic carbocycles. The molecule has 0 aliphatic heterocycles. The highest BCUT2D eigenvalue weighted by molar-refractivity contribution is 5.97. The Kier molecular flexibility index (Phi) is 2.20. The molecule has 3 heteroatoms. The van der Waals surface area contributed by atoms with Crippen LogP contribution >= 0.6 is 0 Å². The molecular formula is C14H21NO2. The zero-order valence-corrected chi connectivity index (χ0v) is 11.0. The van der Waals surface area contributed by atoms with Crippen LogP contribution in [0.1, 0.15) is 52.9 Å². The number of oxime groups is 1. The fourth-order valence-corrected chi connectivity index (χ4v) is 3.75. The van der Waals surface area contributed by atoms with Gasteiger partial charge in [0.2, 0.25) is 0 Å². The third-order valence-electron chi connectivity index (χ3n) is 5.08. The van der Waals surface area contributed by atoms with E-state index in [4.69, 9.17) is 4.84 Å². The van der Waals surface area contributed by atoms with Crippen LogP contribution in [0.2, 0.25) is 0 Å². The van der Waals surface area contributed by atoms with Gasteiger partial charge in [0.1, 0.15) is 0 Å². The number of hydrogen-bond donors (Lipinski definition) is 0. The zero-order valence-electron chi connectivity index (χ0n) is 11.0. The smallest absolute Gasteiger partial charge is 0.318 e. The fraction of sp³-hybridized carbons (Fsp3) is 0.857. The monoisotopic (exact) mass is 235 g/mol. The van der Waals surface area contributed by atoms with E-state index in [0.29, 0.717) is 5.92 Å². The van der Waals surface area contributed by atoms with Crippen LogP contribution in [0.3, 0.4) is 0 Å². The summed E-state index contributed by atoms with van der Waals surface area (Å²) in [5.41, 5.74) is 1.41. The molecule has 3 fully saturated rings. The van der Waals surface area contributed by atoms with E-state index in [9.17, 15) is 4.79 Å². The number of carbonyl (C=O) groups excluding carboxylic acids is 1. The highest BCUT2D eigenvalue weighted by atomic mass is 16.7. The van der Waals surface area contributed by atoms with Crippen molar-refractivity contribution in [3.8, 4) is 0 Å². The van der Waals surface area contributed by atoms with E-state index in [1.54, 1.807) is 0 Å². The lowest BCUT2D eigenvalue weighted by Crippen LogP contribution is -2.36. The number of fused-ring (bicyclic) bond motifs is 2. The van der Waals surface area contributed by atoms with Gasteiger partial charge >= 0.3 is 5.97 Å². The first-order valence-electron chi connectivity index (χ1n) is 6.73. The van der Waals surface area contributed by atoms with Crippen molar-refractivity contribution in [3.05, 3.63) is 0 Å². The van der Waals surface area contributed by atoms with Crippen LogP contribution < -0.4 is 0 Å². The first-order valence-corrected chi connectivity index (χ1v) is 6.73. The van der Waals surface area contributed by atoms with Crippen molar-refractivity contribution in [3.63, 3.8) is 0 Å². The topological polar surface area (TPSA) is 38.7 Å². The largest absolute Gasteiger partial charge is 0.338 e. The van der Waals surface area contributed by atoms with Gasteiger partial charge in [-0.25, -0.2) is 4.79 Å². The Morgan fingerprint density at radius 1 is 1.29 bits per heavy atom. The quantitative estimate of drug-likeness (QED) is 0.545. The molecule has 3 nitrogen and oxygen atoms in total. The van der Waals surface area contributed by atoms with E-state index < -0.39 is 0 Å². The van der Waals surface area contributed by atoms with Crippen molar-refractivity contribution in [2.45, 2.75) is 52.9 Å². The van der Waals surface area contributed by atoms with Crippen LogP contribution in [0, 0.1) is 22.7 Å². The maximum Gasteiger partial charge on any atom is 0.338 e. The minimum Gasteiger partial charge on any atom is -0.318 e. The molecule has 3 aliphatic rings. The SMILES string of the molecule is CC1(C)/C(=N/OC(=O)C2CC2)[C@@]2(C)CC[C@@H]1C2. The van der Waals surface area contributed by atoms with Gasteiger partial charge in [-0.05, 0) is 38.0 Å². The van der Waals surface area contributed by atoms with Crippen molar-refractivity contribution in [2.24, 2.45) is 27.8 Å². The van der Waals surface area contributed by atoms with E-state index in [1.165, 1.54) is 19.3 Å². The van der Waals surface area contributed by atoms with E-state index in [1.807, 2.05) is 0 Å². The number of hydrogen-bond acceptors (Lipinski definition) is 3. The second kappa shape index (κ2) is 3.33. The van der Waals surface area contributed by atoms with E-state index in [0.717, 1.165) is 18.6 Å². The molecule has 0 radical (unpaired) electrons. The number of nitrogens with zero attached hydrogens (tertiary/aromatic N) is 1. The molecule has 0 N–H and O–H groups in total. The molecule has 94 valence electrons. The number of rotatable bonds is 2. The van der Waals surface area contributed by atoms with Crippen molar-refractivity contribution in [1.29, 1.82) is 0 Å². The van der Waals surface area contributed by atoms with Gasteiger partial charge in [-0.1, -0.05) is 25.9 Å². The lowest BCUT2D eigenvalue weighted by molar-refractivity contribution is -0.145. The summed E-state index contributed by atoms with van der Waals surface area (Å²) in [4.78, 5) is 16.7. The van der Waals surface area contributed by atoms with Crippen molar-refractivity contribution in [1.82, 2.24) is 0 Å². The van der Waals surface area contributed by atoms with Crippen LogP contribution in [-0.4, -0.2) is 11.7 Å². The summed E-state index contributed by atoms with van der Waals surface area (Å²) in [6.45, 7) is 6.75. The third-order valence-corrected chi connectivity index (χ3v) is 5.08. The standard InChI is InChI=1S/C14H21NO2/c1-13(2)10-6-7-14(3,8-10)12(13)15-17-11(16)9-4-5-9/h9-10H,4-8H2,1-3H3/b15-12-/t10-,14+/m1/s1. The molecule has 2 atom stereocenters. The molecule has 0 heterocycles. The predicted octanol–water partition coefficient (Wildman–Crippen LogP) is 3.14. The van der Waals surface area contributed by atoms with Crippen molar-refractivity contribution >= 4 is 11.7 Å². The summed E-state index contributed by atoms with van der Waals surface area (Å²) in [5.74, 6) is 0.722. The summed E-state index contributed by atoms with van der Waals surface area (Å²) < 4.78 is 0. The van der Waals surface area contributed by atoms with Gasteiger partial charge < -0.3 is 4.84 Å². The fourth-order valence-electron chi connectivity index (χ4n) is 3.75. The molecular weight excluding hydrogens is 214 g/mol. The first kappa shape index (κ1) is 11.2. The molecule has 3 saturated carbocycles. The molecule has 17 heavy (non-hydrogen) atoms. The molecule has 2 bridgehead atoms. The lowest BCUT2D eigenvalue weighted by atomic mass is 9.71. The summed E-state index contributed by atoms with van der Waals surface area (Å²) in [5, 5.41) is 4.26. The Morgan fingerprint density at radius 3 is 2.53 bits per heavy atom. The molecule has 0 spiro atoms. The molecule has 0 unspecified atom stereocenters. The van der Waals surface area contributed by atoms with Crippen molar-refractivity contribution < 1.29 is 9.63 Å². The minimum atomic E-state index is -0.125. The Hall–Kier alpha value is -0.860. The summed E-state index contributed by atoms with van der Waals surface area (Å²) >= 11 is 0. The summed E-state index contributed by atoms with van der Waals surface area (Å²) in [7, 11) is 0.